The van der Waals surface area contributed by atoms with E-state index >= 15 is 0 Å². The number of aromatic carboxylic acids is 1. The number of hydrogen-bond donors (Lipinski definition) is 2. The molecular weight excluding hydrogens is 178 g/mol. The minimum absolute atomic E-state index is 0.346. The molecule has 0 aliphatic carbocycles. The minimum Gasteiger partial charge on any atom is -0.478 e. The number of H-pyrrole nitrogens is 1. The van der Waals surface area contributed by atoms with Crippen LogP contribution in [-0.2, 0) is 6.42 Å². The summed E-state index contributed by atoms with van der Waals surface area (Å²) in [4.78, 5) is 14.1. The van der Waals surface area contributed by atoms with Gasteiger partial charge in [0.25, 0.3) is 0 Å². The smallest absolute Gasteiger partial charge is 0.337 e. The van der Waals surface area contributed by atoms with Gasteiger partial charge >= 0.3 is 5.97 Å². The number of aromatic nitrogens is 1. The van der Waals surface area contributed by atoms with Crippen molar-refractivity contribution in [2.75, 3.05) is 0 Å². The van der Waals surface area contributed by atoms with Crippen LogP contribution in [0, 0.1) is 0 Å². The Morgan fingerprint density at radius 3 is 2.64 bits per heavy atom. The van der Waals surface area contributed by atoms with Crippen molar-refractivity contribution in [3.8, 4) is 0 Å². The Bertz CT molecular complexity index is 326. The number of carboxylic acid groups (broad SMARTS) is 1. The van der Waals surface area contributed by atoms with E-state index in [-0.39, 0.29) is 0 Å². The maximum atomic E-state index is 10.9. The maximum Gasteiger partial charge on any atom is 0.337 e. The van der Waals surface area contributed by atoms with Gasteiger partial charge in [0, 0.05) is 11.4 Å². The van der Waals surface area contributed by atoms with Crippen LogP contribution in [0.2, 0.25) is 0 Å². The molecule has 0 aromatic carbocycles. The van der Waals surface area contributed by atoms with E-state index in [0.29, 0.717) is 11.5 Å². The third-order valence-electron chi connectivity index (χ3n) is 2.27. The predicted molar refractivity (Wildman–Crippen MR) is 55.8 cm³/mol. The maximum absolute atomic E-state index is 10.9. The molecule has 1 aromatic rings. The number of aromatic amines is 1. The summed E-state index contributed by atoms with van der Waals surface area (Å²) < 4.78 is 0. The quantitative estimate of drug-likeness (QED) is 0.776. The van der Waals surface area contributed by atoms with Gasteiger partial charge in [-0.05, 0) is 18.4 Å². The van der Waals surface area contributed by atoms with Crippen molar-refractivity contribution >= 4 is 5.97 Å². The Hall–Kier alpha value is -1.25. The van der Waals surface area contributed by atoms with Crippen molar-refractivity contribution in [3.63, 3.8) is 0 Å². The van der Waals surface area contributed by atoms with Gasteiger partial charge < -0.3 is 10.1 Å². The van der Waals surface area contributed by atoms with E-state index in [1.54, 1.807) is 6.07 Å². The first-order valence-electron chi connectivity index (χ1n) is 5.01. The monoisotopic (exact) mass is 195 g/mol. The first-order chi connectivity index (χ1) is 6.56. The largest absolute Gasteiger partial charge is 0.478 e. The van der Waals surface area contributed by atoms with Crippen LogP contribution in [0.5, 0.6) is 0 Å². The standard InChI is InChI=1S/C11H17NO2/c1-4-5-9-8(11(13)14)6-10(12-9)7(2)3/h6-7,12H,4-5H2,1-3H3,(H,13,14). The third-order valence-corrected chi connectivity index (χ3v) is 2.27. The molecule has 0 amide bonds. The minimum atomic E-state index is -0.836. The summed E-state index contributed by atoms with van der Waals surface area (Å²) in [6.07, 6.45) is 1.76. The Balaban J connectivity index is 3.05. The molecule has 1 aromatic heterocycles. The van der Waals surface area contributed by atoms with Crippen LogP contribution >= 0.6 is 0 Å². The van der Waals surface area contributed by atoms with Crippen LogP contribution in [-0.4, -0.2) is 16.1 Å². The van der Waals surface area contributed by atoms with Crippen LogP contribution in [0.1, 0.15) is 54.9 Å². The highest BCUT2D eigenvalue weighted by atomic mass is 16.4. The summed E-state index contributed by atoms with van der Waals surface area (Å²) in [7, 11) is 0. The fourth-order valence-electron chi connectivity index (χ4n) is 1.47. The topological polar surface area (TPSA) is 53.1 Å². The molecule has 0 saturated heterocycles. The van der Waals surface area contributed by atoms with Gasteiger partial charge in [-0.25, -0.2) is 4.79 Å². The second-order valence-corrected chi connectivity index (χ2v) is 3.83. The molecule has 3 nitrogen and oxygen atoms in total. The summed E-state index contributed by atoms with van der Waals surface area (Å²) in [6.45, 7) is 6.14. The molecule has 0 spiro atoms. The lowest BCUT2D eigenvalue weighted by Crippen LogP contribution is -1.99. The molecule has 0 saturated carbocycles. The lowest BCUT2D eigenvalue weighted by Gasteiger charge is -1.99. The first-order valence-corrected chi connectivity index (χ1v) is 5.01. The van der Waals surface area contributed by atoms with Crippen LogP contribution in [0.25, 0.3) is 0 Å². The molecule has 0 unspecified atom stereocenters. The summed E-state index contributed by atoms with van der Waals surface area (Å²) >= 11 is 0. The molecule has 3 heteroatoms. The van der Waals surface area contributed by atoms with E-state index in [9.17, 15) is 4.79 Å². The average Bonchev–Trinajstić information content (AvgIpc) is 2.49. The number of nitrogens with one attached hydrogen (secondary N) is 1. The molecule has 1 rings (SSSR count). The number of carbonyl (C=O) groups is 1. The first kappa shape index (κ1) is 10.8. The Kier molecular flexibility index (Phi) is 3.33. The van der Waals surface area contributed by atoms with Gasteiger partial charge in [0.05, 0.1) is 5.56 Å². The zero-order valence-electron chi connectivity index (χ0n) is 8.92. The molecule has 2 N–H and O–H groups in total. The number of aryl methyl sites for hydroxylation is 1. The van der Waals surface area contributed by atoms with Gasteiger partial charge in [0.1, 0.15) is 0 Å². The molecule has 0 fully saturated rings. The van der Waals surface area contributed by atoms with Crippen molar-refractivity contribution in [2.45, 2.75) is 39.5 Å². The molecule has 14 heavy (non-hydrogen) atoms. The lowest BCUT2D eigenvalue weighted by molar-refractivity contribution is 0.0696. The fraction of sp³-hybridized carbons (Fsp3) is 0.545. The average molecular weight is 195 g/mol. The van der Waals surface area contributed by atoms with E-state index in [4.69, 9.17) is 5.11 Å². The SMILES string of the molecule is CCCc1[nH]c(C(C)C)cc1C(=O)O. The summed E-state index contributed by atoms with van der Waals surface area (Å²) in [5.41, 5.74) is 2.28. The number of carboxylic acids is 1. The van der Waals surface area contributed by atoms with Crippen molar-refractivity contribution in [1.29, 1.82) is 0 Å². The number of hydrogen-bond acceptors (Lipinski definition) is 1. The zero-order valence-corrected chi connectivity index (χ0v) is 8.92. The molecule has 0 aliphatic rings. The van der Waals surface area contributed by atoms with Crippen molar-refractivity contribution in [3.05, 3.63) is 23.0 Å². The van der Waals surface area contributed by atoms with Gasteiger partial charge in [-0.3, -0.25) is 0 Å². The van der Waals surface area contributed by atoms with Crippen molar-refractivity contribution in [1.82, 2.24) is 4.98 Å². The van der Waals surface area contributed by atoms with E-state index in [1.807, 2.05) is 20.8 Å². The van der Waals surface area contributed by atoms with Crippen molar-refractivity contribution < 1.29 is 9.90 Å². The van der Waals surface area contributed by atoms with E-state index in [2.05, 4.69) is 4.98 Å². The summed E-state index contributed by atoms with van der Waals surface area (Å²) in [5, 5.41) is 8.97. The fourth-order valence-corrected chi connectivity index (χ4v) is 1.47. The molecule has 0 bridgehead atoms. The van der Waals surface area contributed by atoms with E-state index < -0.39 is 5.97 Å². The Labute approximate surface area is 84.2 Å². The summed E-state index contributed by atoms with van der Waals surface area (Å²) in [5.74, 6) is -0.490. The highest BCUT2D eigenvalue weighted by molar-refractivity contribution is 5.89. The predicted octanol–water partition coefficient (Wildman–Crippen LogP) is 2.79. The van der Waals surface area contributed by atoms with Gasteiger partial charge in [0.15, 0.2) is 0 Å². The van der Waals surface area contributed by atoms with Gasteiger partial charge in [-0.2, -0.15) is 0 Å². The summed E-state index contributed by atoms with van der Waals surface area (Å²) in [6, 6.07) is 1.75. The molecule has 0 atom stereocenters. The molecule has 0 aliphatic heterocycles. The van der Waals surface area contributed by atoms with Gasteiger partial charge in [-0.1, -0.05) is 27.2 Å². The second kappa shape index (κ2) is 4.31. The van der Waals surface area contributed by atoms with Crippen LogP contribution in [0.3, 0.4) is 0 Å². The Morgan fingerprint density at radius 2 is 2.21 bits per heavy atom. The van der Waals surface area contributed by atoms with Crippen molar-refractivity contribution in [2.24, 2.45) is 0 Å². The molecular formula is C11H17NO2. The highest BCUT2D eigenvalue weighted by Gasteiger charge is 2.14. The zero-order chi connectivity index (χ0) is 10.7. The highest BCUT2D eigenvalue weighted by Crippen LogP contribution is 2.19. The number of rotatable bonds is 4. The molecule has 78 valence electrons. The lowest BCUT2D eigenvalue weighted by atomic mass is 10.1. The Morgan fingerprint density at radius 1 is 1.57 bits per heavy atom. The normalized spacial score (nSPS) is 10.9. The molecule has 1 heterocycles. The van der Waals surface area contributed by atoms with Crippen LogP contribution in [0.15, 0.2) is 6.07 Å². The third kappa shape index (κ3) is 2.16. The van der Waals surface area contributed by atoms with Crippen LogP contribution in [0.4, 0.5) is 0 Å². The second-order valence-electron chi connectivity index (χ2n) is 3.83. The molecule has 0 radical (unpaired) electrons. The van der Waals surface area contributed by atoms with E-state index in [1.165, 1.54) is 0 Å². The van der Waals surface area contributed by atoms with E-state index in [0.717, 1.165) is 24.2 Å². The van der Waals surface area contributed by atoms with Gasteiger partial charge in [0.2, 0.25) is 0 Å². The van der Waals surface area contributed by atoms with Gasteiger partial charge in [-0.15, -0.1) is 0 Å². The van der Waals surface area contributed by atoms with Crippen LogP contribution < -0.4 is 0 Å².